The monoisotopic (exact) mass is 407 g/mol. The summed E-state index contributed by atoms with van der Waals surface area (Å²) in [6.45, 7) is 2.52. The summed E-state index contributed by atoms with van der Waals surface area (Å²) in [5.41, 5.74) is 1.83. The molecule has 4 rings (SSSR count). The van der Waals surface area contributed by atoms with Crippen molar-refractivity contribution in [3.05, 3.63) is 70.2 Å². The highest BCUT2D eigenvalue weighted by atomic mass is 32.1. The molecule has 1 fully saturated rings. The van der Waals surface area contributed by atoms with Crippen LogP contribution in [0.25, 0.3) is 0 Å². The minimum atomic E-state index is -0.219. The highest BCUT2D eigenvalue weighted by Gasteiger charge is 2.27. The van der Waals surface area contributed by atoms with Crippen molar-refractivity contribution >= 4 is 34.5 Å². The van der Waals surface area contributed by atoms with Crippen LogP contribution in [0.5, 0.6) is 5.75 Å². The minimum absolute atomic E-state index is 0.180. The number of nitrogens with zero attached hydrogens (tertiary/aromatic N) is 1. The Kier molecular flexibility index (Phi) is 5.57. The Balaban J connectivity index is 1.35. The van der Waals surface area contributed by atoms with Crippen LogP contribution in [0.4, 0.5) is 11.4 Å². The predicted octanol–water partition coefficient (Wildman–Crippen LogP) is 4.92. The Hall–Kier alpha value is -3.19. The van der Waals surface area contributed by atoms with Crippen LogP contribution in [-0.4, -0.2) is 23.4 Å². The van der Waals surface area contributed by atoms with Crippen LogP contribution in [0.15, 0.2) is 54.7 Å². The lowest BCUT2D eigenvalue weighted by atomic mass is 10.2. The molecule has 0 radical (unpaired) electrons. The molecule has 0 bridgehead atoms. The van der Waals surface area contributed by atoms with E-state index in [4.69, 9.17) is 4.74 Å². The highest BCUT2D eigenvalue weighted by molar-refractivity contribution is 7.13. The fraction of sp³-hybridized carbons (Fsp3) is 0.227. The summed E-state index contributed by atoms with van der Waals surface area (Å²) in [6.07, 6.45) is 3.95. The number of hydrogen-bond acceptors (Lipinski definition) is 5. The lowest BCUT2D eigenvalue weighted by Crippen LogP contribution is -2.13. The lowest BCUT2D eigenvalue weighted by Gasteiger charge is -2.08. The van der Waals surface area contributed by atoms with Crippen LogP contribution in [-0.2, 0) is 0 Å². The Labute approximate surface area is 172 Å². The van der Waals surface area contributed by atoms with Gasteiger partial charge in [-0.05, 0) is 68.3 Å². The van der Waals surface area contributed by atoms with Gasteiger partial charge in [0.05, 0.1) is 17.8 Å². The van der Waals surface area contributed by atoms with Crippen molar-refractivity contribution in [2.24, 2.45) is 0 Å². The summed E-state index contributed by atoms with van der Waals surface area (Å²) >= 11 is 1.45. The molecule has 7 heteroatoms. The molecule has 29 heavy (non-hydrogen) atoms. The number of carbonyl (C=O) groups is 2. The SMILES string of the molecule is CCOc1ccc(NC(=O)c2ccc(NC(=O)c3cnc(C4CC4)s3)cc2)cc1. The molecule has 2 amide bonds. The molecule has 1 aliphatic rings. The molecular formula is C22H21N3O3S. The lowest BCUT2D eigenvalue weighted by molar-refractivity contribution is 0.102. The molecule has 2 aromatic carbocycles. The molecule has 1 aliphatic carbocycles. The van der Waals surface area contributed by atoms with Crippen molar-refractivity contribution in [1.29, 1.82) is 0 Å². The number of anilines is 2. The van der Waals surface area contributed by atoms with Crippen molar-refractivity contribution in [3.63, 3.8) is 0 Å². The Bertz CT molecular complexity index is 1010. The molecule has 0 aliphatic heterocycles. The van der Waals surface area contributed by atoms with Gasteiger partial charge in [0, 0.05) is 22.9 Å². The van der Waals surface area contributed by atoms with Crippen molar-refractivity contribution < 1.29 is 14.3 Å². The summed E-state index contributed by atoms with van der Waals surface area (Å²) in [6, 6.07) is 14.0. The number of rotatable bonds is 7. The fourth-order valence-corrected chi connectivity index (χ4v) is 3.80. The molecule has 148 valence electrons. The summed E-state index contributed by atoms with van der Waals surface area (Å²) in [5, 5.41) is 6.73. The summed E-state index contributed by atoms with van der Waals surface area (Å²) < 4.78 is 5.39. The van der Waals surface area contributed by atoms with Crippen molar-refractivity contribution in [2.45, 2.75) is 25.7 Å². The molecule has 0 spiro atoms. The summed E-state index contributed by atoms with van der Waals surface area (Å²) in [4.78, 5) is 29.7. The van der Waals surface area contributed by atoms with Crippen LogP contribution in [0.2, 0.25) is 0 Å². The zero-order valence-corrected chi connectivity index (χ0v) is 16.8. The van der Waals surface area contributed by atoms with Gasteiger partial charge >= 0.3 is 0 Å². The predicted molar refractivity (Wildman–Crippen MR) is 114 cm³/mol. The first kappa shape index (κ1) is 19.1. The third-order valence-corrected chi connectivity index (χ3v) is 5.66. The molecule has 2 N–H and O–H groups in total. The Morgan fingerprint density at radius 3 is 2.24 bits per heavy atom. The van der Waals surface area contributed by atoms with E-state index in [1.807, 2.05) is 19.1 Å². The number of amides is 2. The third kappa shape index (κ3) is 4.81. The van der Waals surface area contributed by atoms with Crippen LogP contribution >= 0.6 is 11.3 Å². The van der Waals surface area contributed by atoms with Gasteiger partial charge in [0.2, 0.25) is 0 Å². The minimum Gasteiger partial charge on any atom is -0.494 e. The van der Waals surface area contributed by atoms with Gasteiger partial charge in [-0.25, -0.2) is 4.98 Å². The average molecular weight is 407 g/mol. The van der Waals surface area contributed by atoms with E-state index in [-0.39, 0.29) is 11.8 Å². The second kappa shape index (κ2) is 8.45. The maximum absolute atomic E-state index is 12.4. The molecule has 0 saturated heterocycles. The van der Waals surface area contributed by atoms with Gasteiger partial charge < -0.3 is 15.4 Å². The van der Waals surface area contributed by atoms with E-state index in [0.29, 0.717) is 34.3 Å². The topological polar surface area (TPSA) is 80.3 Å². The van der Waals surface area contributed by atoms with Gasteiger partial charge in [-0.2, -0.15) is 0 Å². The number of benzene rings is 2. The zero-order valence-electron chi connectivity index (χ0n) is 16.0. The van der Waals surface area contributed by atoms with Gasteiger partial charge in [0.15, 0.2) is 0 Å². The molecule has 1 aromatic heterocycles. The first-order chi connectivity index (χ1) is 14.1. The normalized spacial score (nSPS) is 13.0. The molecule has 1 heterocycles. The van der Waals surface area contributed by atoms with Crippen LogP contribution < -0.4 is 15.4 Å². The number of ether oxygens (including phenoxy) is 1. The highest BCUT2D eigenvalue weighted by Crippen LogP contribution is 2.41. The Morgan fingerprint density at radius 1 is 1.00 bits per heavy atom. The molecule has 6 nitrogen and oxygen atoms in total. The van der Waals surface area contributed by atoms with Crippen LogP contribution in [0.1, 0.15) is 50.7 Å². The van der Waals surface area contributed by atoms with E-state index >= 15 is 0 Å². The summed E-state index contributed by atoms with van der Waals surface area (Å²) in [5.74, 6) is 0.898. The zero-order chi connectivity index (χ0) is 20.2. The van der Waals surface area contributed by atoms with E-state index in [2.05, 4.69) is 15.6 Å². The molecule has 3 aromatic rings. The third-order valence-electron chi connectivity index (χ3n) is 4.50. The van der Waals surface area contributed by atoms with Gasteiger partial charge in [-0.1, -0.05) is 0 Å². The largest absolute Gasteiger partial charge is 0.494 e. The van der Waals surface area contributed by atoms with Crippen LogP contribution in [0, 0.1) is 0 Å². The van der Waals surface area contributed by atoms with E-state index < -0.39 is 0 Å². The van der Waals surface area contributed by atoms with Crippen molar-refractivity contribution in [1.82, 2.24) is 4.98 Å². The molecular weight excluding hydrogens is 386 g/mol. The number of nitrogens with one attached hydrogen (secondary N) is 2. The van der Waals surface area contributed by atoms with Crippen molar-refractivity contribution in [3.8, 4) is 5.75 Å². The van der Waals surface area contributed by atoms with E-state index in [1.165, 1.54) is 11.3 Å². The Morgan fingerprint density at radius 2 is 1.62 bits per heavy atom. The van der Waals surface area contributed by atoms with Gasteiger partial charge in [-0.15, -0.1) is 11.3 Å². The van der Waals surface area contributed by atoms with E-state index in [1.54, 1.807) is 42.6 Å². The van der Waals surface area contributed by atoms with Gasteiger partial charge in [0.25, 0.3) is 11.8 Å². The van der Waals surface area contributed by atoms with E-state index in [0.717, 1.165) is 23.6 Å². The number of hydrogen-bond donors (Lipinski definition) is 2. The first-order valence-corrected chi connectivity index (χ1v) is 10.4. The van der Waals surface area contributed by atoms with Gasteiger partial charge in [-0.3, -0.25) is 9.59 Å². The molecule has 0 atom stereocenters. The maximum atomic E-state index is 12.4. The second-order valence-electron chi connectivity index (χ2n) is 6.78. The van der Waals surface area contributed by atoms with Gasteiger partial charge in [0.1, 0.15) is 10.6 Å². The number of aromatic nitrogens is 1. The standard InChI is InChI=1S/C22H21N3O3S/c1-2-28-18-11-9-17(10-12-18)24-20(26)14-5-7-16(8-6-14)25-21(27)19-13-23-22(29-19)15-3-4-15/h5-13,15H,2-4H2,1H3,(H,24,26)(H,25,27). The number of thiazole rings is 1. The van der Waals surface area contributed by atoms with E-state index in [9.17, 15) is 9.59 Å². The first-order valence-electron chi connectivity index (χ1n) is 9.53. The molecule has 1 saturated carbocycles. The average Bonchev–Trinajstić information content (AvgIpc) is 3.46. The molecule has 0 unspecified atom stereocenters. The smallest absolute Gasteiger partial charge is 0.267 e. The van der Waals surface area contributed by atoms with Crippen LogP contribution in [0.3, 0.4) is 0 Å². The maximum Gasteiger partial charge on any atom is 0.267 e. The quantitative estimate of drug-likeness (QED) is 0.582. The van der Waals surface area contributed by atoms with Crippen molar-refractivity contribution in [2.75, 3.05) is 17.2 Å². The fourth-order valence-electron chi connectivity index (χ4n) is 2.81. The second-order valence-corrected chi connectivity index (χ2v) is 7.84. The number of carbonyl (C=O) groups excluding carboxylic acids is 2. The summed E-state index contributed by atoms with van der Waals surface area (Å²) in [7, 11) is 0.